The summed E-state index contributed by atoms with van der Waals surface area (Å²) in [6.07, 6.45) is 8.24. The average Bonchev–Trinajstić information content (AvgIpc) is 2.50. The Morgan fingerprint density at radius 2 is 1.95 bits per heavy atom. The van der Waals surface area contributed by atoms with Gasteiger partial charge in [0.2, 0.25) is 0 Å². The van der Waals surface area contributed by atoms with Crippen LogP contribution in [-0.2, 0) is 0 Å². The molecule has 1 saturated carbocycles. The van der Waals surface area contributed by atoms with Gasteiger partial charge in [-0.15, -0.1) is 0 Å². The standard InChI is InChI=1S/C18H29ClN2/c1-20-18(16-10-6-7-11-17(16)19)12-13-21(2)14-15-8-4-3-5-9-15/h6-7,10-11,15,18,20H,3-5,8-9,12-14H2,1-2H3. The van der Waals surface area contributed by atoms with E-state index in [1.54, 1.807) is 0 Å². The van der Waals surface area contributed by atoms with Gasteiger partial charge in [-0.1, -0.05) is 49.1 Å². The summed E-state index contributed by atoms with van der Waals surface area (Å²) in [5.41, 5.74) is 1.22. The van der Waals surface area contributed by atoms with E-state index in [0.29, 0.717) is 6.04 Å². The lowest BCUT2D eigenvalue weighted by Crippen LogP contribution is -2.30. The summed E-state index contributed by atoms with van der Waals surface area (Å²) >= 11 is 6.32. The lowest BCUT2D eigenvalue weighted by molar-refractivity contribution is 0.225. The smallest absolute Gasteiger partial charge is 0.0453 e. The van der Waals surface area contributed by atoms with Crippen molar-refractivity contribution < 1.29 is 0 Å². The number of hydrogen-bond donors (Lipinski definition) is 1. The van der Waals surface area contributed by atoms with Gasteiger partial charge in [0.1, 0.15) is 0 Å². The van der Waals surface area contributed by atoms with E-state index in [9.17, 15) is 0 Å². The maximum absolute atomic E-state index is 6.32. The van der Waals surface area contributed by atoms with E-state index >= 15 is 0 Å². The van der Waals surface area contributed by atoms with Crippen LogP contribution in [0.4, 0.5) is 0 Å². The Bertz CT molecular complexity index is 415. The van der Waals surface area contributed by atoms with E-state index in [-0.39, 0.29) is 0 Å². The van der Waals surface area contributed by atoms with Crippen LogP contribution in [0.2, 0.25) is 5.02 Å². The predicted octanol–water partition coefficient (Wildman–Crippen LogP) is 4.50. The van der Waals surface area contributed by atoms with Gasteiger partial charge in [0.05, 0.1) is 0 Å². The minimum absolute atomic E-state index is 0.340. The molecule has 0 spiro atoms. The number of benzene rings is 1. The van der Waals surface area contributed by atoms with Gasteiger partial charge in [-0.25, -0.2) is 0 Å². The highest BCUT2D eigenvalue weighted by atomic mass is 35.5. The zero-order valence-electron chi connectivity index (χ0n) is 13.4. The largest absolute Gasteiger partial charge is 0.313 e. The second-order valence-corrected chi connectivity index (χ2v) is 6.82. The molecule has 1 atom stereocenters. The zero-order valence-corrected chi connectivity index (χ0v) is 14.2. The Balaban J connectivity index is 1.81. The van der Waals surface area contributed by atoms with E-state index in [1.807, 2.05) is 19.2 Å². The second-order valence-electron chi connectivity index (χ2n) is 6.42. The van der Waals surface area contributed by atoms with Gasteiger partial charge in [0.15, 0.2) is 0 Å². The molecule has 1 aliphatic carbocycles. The number of hydrogen-bond acceptors (Lipinski definition) is 2. The molecule has 2 rings (SSSR count). The van der Waals surface area contributed by atoms with E-state index in [4.69, 9.17) is 11.6 Å². The Labute approximate surface area is 134 Å². The fraction of sp³-hybridized carbons (Fsp3) is 0.667. The molecule has 0 aromatic heterocycles. The minimum atomic E-state index is 0.340. The van der Waals surface area contributed by atoms with Crippen LogP contribution in [0.25, 0.3) is 0 Å². The molecule has 1 aromatic carbocycles. The van der Waals surface area contributed by atoms with Gasteiger partial charge in [-0.3, -0.25) is 0 Å². The Morgan fingerprint density at radius 3 is 2.62 bits per heavy atom. The van der Waals surface area contributed by atoms with E-state index < -0.39 is 0 Å². The first kappa shape index (κ1) is 16.8. The molecule has 1 unspecified atom stereocenters. The fourth-order valence-corrected chi connectivity index (χ4v) is 3.73. The molecule has 0 bridgehead atoms. The fourth-order valence-electron chi connectivity index (χ4n) is 3.46. The first-order valence-electron chi connectivity index (χ1n) is 8.31. The van der Waals surface area contributed by atoms with Gasteiger partial charge in [-0.2, -0.15) is 0 Å². The summed E-state index contributed by atoms with van der Waals surface area (Å²) in [7, 11) is 4.28. The topological polar surface area (TPSA) is 15.3 Å². The summed E-state index contributed by atoms with van der Waals surface area (Å²) in [6.45, 7) is 2.37. The third-order valence-electron chi connectivity index (χ3n) is 4.72. The third-order valence-corrected chi connectivity index (χ3v) is 5.07. The lowest BCUT2D eigenvalue weighted by atomic mass is 9.89. The highest BCUT2D eigenvalue weighted by Crippen LogP contribution is 2.26. The first-order chi connectivity index (χ1) is 10.2. The third kappa shape index (κ3) is 5.28. The molecule has 0 aliphatic heterocycles. The molecule has 0 saturated heterocycles. The first-order valence-corrected chi connectivity index (χ1v) is 8.68. The van der Waals surface area contributed by atoms with Crippen molar-refractivity contribution in [3.8, 4) is 0 Å². The number of nitrogens with zero attached hydrogens (tertiary/aromatic N) is 1. The van der Waals surface area contributed by atoms with Gasteiger partial charge in [-0.05, 0) is 57.5 Å². The zero-order chi connectivity index (χ0) is 15.1. The van der Waals surface area contributed by atoms with Crippen molar-refractivity contribution in [2.75, 3.05) is 27.2 Å². The van der Waals surface area contributed by atoms with E-state index in [0.717, 1.165) is 23.9 Å². The predicted molar refractivity (Wildman–Crippen MR) is 91.9 cm³/mol. The maximum atomic E-state index is 6.32. The van der Waals surface area contributed by atoms with Gasteiger partial charge in [0.25, 0.3) is 0 Å². The molecule has 3 heteroatoms. The molecule has 1 fully saturated rings. The van der Waals surface area contributed by atoms with Crippen LogP contribution in [0.5, 0.6) is 0 Å². The van der Waals surface area contributed by atoms with Crippen molar-refractivity contribution in [3.05, 3.63) is 34.9 Å². The quantitative estimate of drug-likeness (QED) is 0.797. The molecule has 1 aromatic rings. The molecule has 118 valence electrons. The Morgan fingerprint density at radius 1 is 1.24 bits per heavy atom. The lowest BCUT2D eigenvalue weighted by Gasteiger charge is -2.28. The molecule has 0 amide bonds. The molecule has 2 nitrogen and oxygen atoms in total. The maximum Gasteiger partial charge on any atom is 0.0453 e. The van der Waals surface area contributed by atoms with Gasteiger partial charge in [0, 0.05) is 17.6 Å². The molecular formula is C18H29ClN2. The van der Waals surface area contributed by atoms with Crippen LogP contribution < -0.4 is 5.32 Å². The summed E-state index contributed by atoms with van der Waals surface area (Å²) < 4.78 is 0. The van der Waals surface area contributed by atoms with E-state index in [2.05, 4.69) is 29.4 Å². The van der Waals surface area contributed by atoms with Crippen molar-refractivity contribution in [2.45, 2.75) is 44.6 Å². The van der Waals surface area contributed by atoms with E-state index in [1.165, 1.54) is 44.2 Å². The molecule has 21 heavy (non-hydrogen) atoms. The molecule has 1 N–H and O–H groups in total. The average molecular weight is 309 g/mol. The van der Waals surface area contributed by atoms with Gasteiger partial charge < -0.3 is 10.2 Å². The second kappa shape index (κ2) is 8.77. The summed E-state index contributed by atoms with van der Waals surface area (Å²) in [5.74, 6) is 0.914. The van der Waals surface area contributed by atoms with Crippen LogP contribution in [0.15, 0.2) is 24.3 Å². The number of nitrogens with one attached hydrogen (secondary N) is 1. The molecule has 0 radical (unpaired) electrons. The van der Waals surface area contributed by atoms with Crippen LogP contribution in [0.1, 0.15) is 50.1 Å². The van der Waals surface area contributed by atoms with Crippen molar-refractivity contribution in [2.24, 2.45) is 5.92 Å². The van der Waals surface area contributed by atoms with Crippen molar-refractivity contribution in [1.82, 2.24) is 10.2 Å². The van der Waals surface area contributed by atoms with Crippen LogP contribution in [0, 0.1) is 5.92 Å². The van der Waals surface area contributed by atoms with Crippen molar-refractivity contribution >= 4 is 11.6 Å². The van der Waals surface area contributed by atoms with Crippen LogP contribution in [-0.4, -0.2) is 32.1 Å². The van der Waals surface area contributed by atoms with Crippen LogP contribution >= 0.6 is 11.6 Å². The molecule has 0 heterocycles. The Hall–Kier alpha value is -0.570. The molecule has 1 aliphatic rings. The monoisotopic (exact) mass is 308 g/mol. The van der Waals surface area contributed by atoms with Crippen molar-refractivity contribution in [1.29, 1.82) is 0 Å². The highest BCUT2D eigenvalue weighted by molar-refractivity contribution is 6.31. The number of halogens is 1. The SMILES string of the molecule is CNC(CCN(C)CC1CCCCC1)c1ccccc1Cl. The normalized spacial score (nSPS) is 18.1. The minimum Gasteiger partial charge on any atom is -0.313 e. The molecular weight excluding hydrogens is 280 g/mol. The number of rotatable bonds is 7. The van der Waals surface area contributed by atoms with Crippen LogP contribution in [0.3, 0.4) is 0 Å². The Kier molecular flexibility index (Phi) is 7.01. The summed E-state index contributed by atoms with van der Waals surface area (Å²) in [4.78, 5) is 2.50. The highest BCUT2D eigenvalue weighted by Gasteiger charge is 2.17. The van der Waals surface area contributed by atoms with Gasteiger partial charge >= 0.3 is 0 Å². The summed E-state index contributed by atoms with van der Waals surface area (Å²) in [5, 5.41) is 4.27. The van der Waals surface area contributed by atoms with Crippen molar-refractivity contribution in [3.63, 3.8) is 0 Å². The summed E-state index contributed by atoms with van der Waals surface area (Å²) in [6, 6.07) is 8.51.